The summed E-state index contributed by atoms with van der Waals surface area (Å²) >= 11 is 6.14. The van der Waals surface area contributed by atoms with E-state index in [0.717, 1.165) is 43.6 Å². The maximum atomic E-state index is 13.2. The van der Waals surface area contributed by atoms with Crippen LogP contribution in [0.2, 0.25) is 5.02 Å². The molecule has 172 valence electrons. The molecule has 0 atom stereocenters. The van der Waals surface area contributed by atoms with E-state index in [2.05, 4.69) is 29.2 Å². The van der Waals surface area contributed by atoms with Crippen molar-refractivity contribution in [1.82, 2.24) is 9.80 Å². The lowest BCUT2D eigenvalue weighted by atomic mass is 9.86. The van der Waals surface area contributed by atoms with Gasteiger partial charge in [-0.1, -0.05) is 60.1 Å². The Balaban J connectivity index is 1.41. The van der Waals surface area contributed by atoms with Gasteiger partial charge in [0.05, 0.1) is 0 Å². The Morgan fingerprint density at radius 1 is 0.970 bits per heavy atom. The van der Waals surface area contributed by atoms with Gasteiger partial charge in [-0.3, -0.25) is 9.69 Å². The first-order valence-electron chi connectivity index (χ1n) is 11.5. The van der Waals surface area contributed by atoms with Crippen LogP contribution in [0.1, 0.15) is 47.9 Å². The number of hydrogen-bond acceptors (Lipinski definition) is 2. The third-order valence-electron chi connectivity index (χ3n) is 6.47. The summed E-state index contributed by atoms with van der Waals surface area (Å²) in [5, 5.41) is 0.684. The molecule has 0 spiro atoms. The van der Waals surface area contributed by atoms with Gasteiger partial charge in [-0.2, -0.15) is 0 Å². The van der Waals surface area contributed by atoms with Crippen LogP contribution in [0, 0.1) is 5.82 Å². The van der Waals surface area contributed by atoms with Gasteiger partial charge in [-0.05, 0) is 78.4 Å². The Morgan fingerprint density at radius 2 is 1.70 bits per heavy atom. The first kappa shape index (κ1) is 23.5. The highest BCUT2D eigenvalue weighted by molar-refractivity contribution is 6.30. The standard InChI is InChI=1S/C28H30ClFN2O/c1-21(33)32(19-23-5-4-7-26(29)17-23)20-25-6-2-3-8-28(25)24-13-15-31(16-14-24)18-22-9-11-27(30)12-10-22/h2-12,17,24H,13-16,18-20H2,1H3. The van der Waals surface area contributed by atoms with Gasteiger partial charge in [0, 0.05) is 31.6 Å². The minimum Gasteiger partial charge on any atom is -0.334 e. The summed E-state index contributed by atoms with van der Waals surface area (Å²) < 4.78 is 13.2. The molecule has 3 nitrogen and oxygen atoms in total. The molecule has 1 aliphatic rings. The number of halogens is 2. The summed E-state index contributed by atoms with van der Waals surface area (Å²) in [6.45, 7) is 5.63. The fourth-order valence-corrected chi connectivity index (χ4v) is 4.88. The van der Waals surface area contributed by atoms with Gasteiger partial charge in [0.25, 0.3) is 0 Å². The summed E-state index contributed by atoms with van der Waals surface area (Å²) in [6, 6.07) is 23.0. The summed E-state index contributed by atoms with van der Waals surface area (Å²) in [4.78, 5) is 16.7. The maximum absolute atomic E-state index is 13.2. The highest BCUT2D eigenvalue weighted by Gasteiger charge is 2.23. The van der Waals surface area contributed by atoms with Crippen molar-refractivity contribution >= 4 is 17.5 Å². The van der Waals surface area contributed by atoms with Crippen LogP contribution in [-0.4, -0.2) is 28.8 Å². The van der Waals surface area contributed by atoms with Gasteiger partial charge >= 0.3 is 0 Å². The van der Waals surface area contributed by atoms with E-state index in [9.17, 15) is 9.18 Å². The molecule has 0 N–H and O–H groups in total. The average Bonchev–Trinajstić information content (AvgIpc) is 2.81. The van der Waals surface area contributed by atoms with Gasteiger partial charge in [0.2, 0.25) is 5.91 Å². The lowest BCUT2D eigenvalue weighted by Crippen LogP contribution is -2.33. The Morgan fingerprint density at radius 3 is 2.39 bits per heavy atom. The van der Waals surface area contributed by atoms with Crippen LogP contribution in [0.25, 0.3) is 0 Å². The molecule has 0 radical (unpaired) electrons. The molecule has 3 aromatic rings. The van der Waals surface area contributed by atoms with Gasteiger partial charge < -0.3 is 4.90 Å². The Labute approximate surface area is 200 Å². The first-order valence-corrected chi connectivity index (χ1v) is 11.9. The Hall–Kier alpha value is -2.69. The fraction of sp³-hybridized carbons (Fsp3) is 0.321. The van der Waals surface area contributed by atoms with Crippen molar-refractivity contribution in [2.24, 2.45) is 0 Å². The lowest BCUT2D eigenvalue weighted by molar-refractivity contribution is -0.130. The second-order valence-corrected chi connectivity index (χ2v) is 9.32. The van der Waals surface area contributed by atoms with Crippen LogP contribution in [-0.2, 0) is 24.4 Å². The monoisotopic (exact) mass is 464 g/mol. The van der Waals surface area contributed by atoms with Crippen LogP contribution >= 0.6 is 11.6 Å². The summed E-state index contributed by atoms with van der Waals surface area (Å²) in [5.41, 5.74) is 4.74. The summed E-state index contributed by atoms with van der Waals surface area (Å²) in [7, 11) is 0. The van der Waals surface area contributed by atoms with Gasteiger partial charge in [0.15, 0.2) is 0 Å². The number of amides is 1. The number of rotatable bonds is 7. The van der Waals surface area contributed by atoms with Gasteiger partial charge in [-0.15, -0.1) is 0 Å². The van der Waals surface area contributed by atoms with Crippen molar-refractivity contribution in [2.45, 2.75) is 45.3 Å². The van der Waals surface area contributed by atoms with Crippen molar-refractivity contribution in [3.63, 3.8) is 0 Å². The average molecular weight is 465 g/mol. The molecule has 3 aromatic carbocycles. The molecule has 33 heavy (non-hydrogen) atoms. The van der Waals surface area contributed by atoms with Crippen molar-refractivity contribution in [3.8, 4) is 0 Å². The molecule has 1 aliphatic heterocycles. The molecule has 1 saturated heterocycles. The van der Waals surface area contributed by atoms with E-state index in [4.69, 9.17) is 11.6 Å². The molecule has 0 saturated carbocycles. The third-order valence-corrected chi connectivity index (χ3v) is 6.71. The molecular weight excluding hydrogens is 435 g/mol. The molecule has 1 amide bonds. The van der Waals surface area contributed by atoms with E-state index in [1.165, 1.54) is 23.3 Å². The third kappa shape index (κ3) is 6.43. The minimum absolute atomic E-state index is 0.0545. The van der Waals surface area contributed by atoms with E-state index in [1.807, 2.05) is 41.3 Å². The molecule has 0 aromatic heterocycles. The van der Waals surface area contributed by atoms with Crippen molar-refractivity contribution < 1.29 is 9.18 Å². The lowest BCUT2D eigenvalue weighted by Gasteiger charge is -2.33. The van der Waals surface area contributed by atoms with E-state index >= 15 is 0 Å². The number of carbonyl (C=O) groups is 1. The van der Waals surface area contributed by atoms with Crippen LogP contribution in [0.3, 0.4) is 0 Å². The number of benzene rings is 3. The summed E-state index contributed by atoms with van der Waals surface area (Å²) in [6.07, 6.45) is 2.15. The van der Waals surface area contributed by atoms with Crippen LogP contribution in [0.15, 0.2) is 72.8 Å². The van der Waals surface area contributed by atoms with Crippen molar-refractivity contribution in [2.75, 3.05) is 13.1 Å². The Bertz CT molecular complexity index is 1080. The smallest absolute Gasteiger partial charge is 0.220 e. The highest BCUT2D eigenvalue weighted by atomic mass is 35.5. The van der Waals surface area contributed by atoms with Crippen LogP contribution in [0.4, 0.5) is 4.39 Å². The second-order valence-electron chi connectivity index (χ2n) is 8.88. The number of nitrogens with zero attached hydrogens (tertiary/aromatic N) is 2. The number of likely N-dealkylation sites (tertiary alicyclic amines) is 1. The minimum atomic E-state index is -0.191. The van der Waals surface area contributed by atoms with Gasteiger partial charge in [0.1, 0.15) is 5.82 Å². The number of piperidine rings is 1. The predicted octanol–water partition coefficient (Wildman–Crippen LogP) is 6.41. The molecule has 1 heterocycles. The number of carbonyl (C=O) groups excluding carboxylic acids is 1. The maximum Gasteiger partial charge on any atom is 0.220 e. The zero-order valence-electron chi connectivity index (χ0n) is 19.0. The van der Waals surface area contributed by atoms with Gasteiger partial charge in [-0.25, -0.2) is 4.39 Å². The first-order chi connectivity index (χ1) is 16.0. The normalized spacial score (nSPS) is 14.9. The highest BCUT2D eigenvalue weighted by Crippen LogP contribution is 2.32. The quantitative estimate of drug-likeness (QED) is 0.403. The zero-order chi connectivity index (χ0) is 23.2. The molecule has 0 bridgehead atoms. The van der Waals surface area contributed by atoms with E-state index in [-0.39, 0.29) is 11.7 Å². The number of hydrogen-bond donors (Lipinski definition) is 0. The van der Waals surface area contributed by atoms with E-state index in [0.29, 0.717) is 24.0 Å². The van der Waals surface area contributed by atoms with Crippen LogP contribution in [0.5, 0.6) is 0 Å². The molecule has 1 fully saturated rings. The molecular formula is C28H30ClFN2O. The largest absolute Gasteiger partial charge is 0.334 e. The van der Waals surface area contributed by atoms with Crippen LogP contribution < -0.4 is 0 Å². The second kappa shape index (κ2) is 11.0. The fourth-order valence-electron chi connectivity index (χ4n) is 4.67. The Kier molecular flexibility index (Phi) is 7.79. The predicted molar refractivity (Wildman–Crippen MR) is 131 cm³/mol. The topological polar surface area (TPSA) is 23.6 Å². The molecule has 0 unspecified atom stereocenters. The summed E-state index contributed by atoms with van der Waals surface area (Å²) in [5.74, 6) is 0.341. The molecule has 5 heteroatoms. The van der Waals surface area contributed by atoms with Crippen molar-refractivity contribution in [1.29, 1.82) is 0 Å². The SMILES string of the molecule is CC(=O)N(Cc1cccc(Cl)c1)Cc1ccccc1C1CCN(Cc2ccc(F)cc2)CC1. The molecule has 0 aliphatic carbocycles. The zero-order valence-corrected chi connectivity index (χ0v) is 19.8. The van der Waals surface area contributed by atoms with Crippen molar-refractivity contribution in [3.05, 3.63) is 106 Å². The van der Waals surface area contributed by atoms with E-state index in [1.54, 1.807) is 6.92 Å². The van der Waals surface area contributed by atoms with E-state index < -0.39 is 0 Å². The molecule has 4 rings (SSSR count).